The summed E-state index contributed by atoms with van der Waals surface area (Å²) in [5.41, 5.74) is 0.956. The number of rotatable bonds is 6. The van der Waals surface area contributed by atoms with Crippen LogP contribution in [0.15, 0.2) is 11.6 Å². The third-order valence-corrected chi connectivity index (χ3v) is 1.78. The first-order valence-corrected chi connectivity index (χ1v) is 4.64. The fourth-order valence-corrected chi connectivity index (χ4v) is 1.15. The van der Waals surface area contributed by atoms with Crippen molar-refractivity contribution in [2.24, 2.45) is 0 Å². The van der Waals surface area contributed by atoms with E-state index in [4.69, 9.17) is 5.11 Å². The Kier molecular flexibility index (Phi) is 7.06. The maximum atomic E-state index is 10.9. The molecule has 14 heavy (non-hydrogen) atoms. The summed E-state index contributed by atoms with van der Waals surface area (Å²) in [6.07, 6.45) is 2.23. The van der Waals surface area contributed by atoms with Crippen molar-refractivity contribution < 1.29 is 14.6 Å². The van der Waals surface area contributed by atoms with Crippen LogP contribution in [0, 0.1) is 0 Å². The standard InChI is InChI=1S/C10H19NO3/c1-9(7-10(13)14-3)8-11(2)5-4-6-12/h7,12H,4-6,8H2,1-3H3/b9-7+. The van der Waals surface area contributed by atoms with E-state index in [0.717, 1.165) is 25.1 Å². The van der Waals surface area contributed by atoms with Crippen LogP contribution in [0.25, 0.3) is 0 Å². The first-order valence-electron chi connectivity index (χ1n) is 4.64. The van der Waals surface area contributed by atoms with Crippen LogP contribution in [0.2, 0.25) is 0 Å². The van der Waals surface area contributed by atoms with Crippen molar-refractivity contribution in [3.63, 3.8) is 0 Å². The van der Waals surface area contributed by atoms with Crippen molar-refractivity contribution in [1.82, 2.24) is 4.90 Å². The molecule has 0 bridgehead atoms. The number of esters is 1. The van der Waals surface area contributed by atoms with Gasteiger partial charge in [0, 0.05) is 25.8 Å². The highest BCUT2D eigenvalue weighted by molar-refractivity contribution is 5.82. The highest BCUT2D eigenvalue weighted by atomic mass is 16.5. The fourth-order valence-electron chi connectivity index (χ4n) is 1.15. The summed E-state index contributed by atoms with van der Waals surface area (Å²) in [5.74, 6) is -0.321. The number of likely N-dealkylation sites (N-methyl/N-ethyl adjacent to an activating group) is 1. The lowest BCUT2D eigenvalue weighted by molar-refractivity contribution is -0.134. The van der Waals surface area contributed by atoms with Crippen molar-refractivity contribution in [3.05, 3.63) is 11.6 Å². The van der Waals surface area contributed by atoms with Gasteiger partial charge in [0.25, 0.3) is 0 Å². The van der Waals surface area contributed by atoms with Crippen molar-refractivity contribution >= 4 is 5.97 Å². The number of nitrogens with zero attached hydrogens (tertiary/aromatic N) is 1. The molecule has 0 heterocycles. The van der Waals surface area contributed by atoms with Gasteiger partial charge in [-0.05, 0) is 20.4 Å². The van der Waals surface area contributed by atoms with Crippen LogP contribution >= 0.6 is 0 Å². The second kappa shape index (κ2) is 7.53. The van der Waals surface area contributed by atoms with E-state index < -0.39 is 0 Å². The Morgan fingerprint density at radius 1 is 1.57 bits per heavy atom. The molecule has 0 radical (unpaired) electrons. The van der Waals surface area contributed by atoms with E-state index in [1.807, 2.05) is 18.9 Å². The van der Waals surface area contributed by atoms with Crippen LogP contribution in [0.1, 0.15) is 13.3 Å². The molecule has 0 amide bonds. The second-order valence-corrected chi connectivity index (χ2v) is 3.33. The number of hydrogen-bond donors (Lipinski definition) is 1. The maximum Gasteiger partial charge on any atom is 0.330 e. The first kappa shape index (κ1) is 13.1. The molecule has 0 unspecified atom stereocenters. The van der Waals surface area contributed by atoms with E-state index in [9.17, 15) is 4.79 Å². The van der Waals surface area contributed by atoms with E-state index in [0.29, 0.717) is 0 Å². The van der Waals surface area contributed by atoms with Gasteiger partial charge in [-0.3, -0.25) is 0 Å². The Balaban J connectivity index is 3.85. The molecule has 0 saturated carbocycles. The van der Waals surface area contributed by atoms with Crippen LogP contribution < -0.4 is 0 Å². The number of hydrogen-bond acceptors (Lipinski definition) is 4. The summed E-state index contributed by atoms with van der Waals surface area (Å²) in [6, 6.07) is 0. The molecule has 0 aromatic carbocycles. The Bertz CT molecular complexity index is 202. The fraction of sp³-hybridized carbons (Fsp3) is 0.700. The van der Waals surface area contributed by atoms with Crippen molar-refractivity contribution in [1.29, 1.82) is 0 Å². The maximum absolute atomic E-state index is 10.9. The SMILES string of the molecule is COC(=O)/C=C(\C)CN(C)CCCO. The number of aliphatic hydroxyl groups excluding tert-OH is 1. The molecule has 1 N–H and O–H groups in total. The lowest BCUT2D eigenvalue weighted by Crippen LogP contribution is -2.22. The van der Waals surface area contributed by atoms with Gasteiger partial charge in [-0.15, -0.1) is 0 Å². The van der Waals surface area contributed by atoms with Gasteiger partial charge in [-0.2, -0.15) is 0 Å². The smallest absolute Gasteiger partial charge is 0.330 e. The minimum atomic E-state index is -0.321. The van der Waals surface area contributed by atoms with Crippen LogP contribution in [-0.2, 0) is 9.53 Å². The molecule has 0 saturated heterocycles. The van der Waals surface area contributed by atoms with Gasteiger partial charge in [-0.1, -0.05) is 5.57 Å². The van der Waals surface area contributed by atoms with E-state index in [1.165, 1.54) is 13.2 Å². The summed E-state index contributed by atoms with van der Waals surface area (Å²) in [6.45, 7) is 3.62. The van der Waals surface area contributed by atoms with Crippen molar-refractivity contribution in [2.45, 2.75) is 13.3 Å². The number of methoxy groups -OCH3 is 1. The van der Waals surface area contributed by atoms with Crippen LogP contribution in [-0.4, -0.2) is 49.8 Å². The average Bonchev–Trinajstić information content (AvgIpc) is 2.14. The van der Waals surface area contributed by atoms with Crippen molar-refractivity contribution in [2.75, 3.05) is 33.9 Å². The van der Waals surface area contributed by atoms with Gasteiger partial charge in [-0.25, -0.2) is 4.79 Å². The Labute approximate surface area is 85.2 Å². The van der Waals surface area contributed by atoms with E-state index in [1.54, 1.807) is 0 Å². The average molecular weight is 201 g/mol. The second-order valence-electron chi connectivity index (χ2n) is 3.33. The van der Waals surface area contributed by atoms with Crippen LogP contribution in [0.4, 0.5) is 0 Å². The lowest BCUT2D eigenvalue weighted by atomic mass is 10.2. The summed E-state index contributed by atoms with van der Waals surface area (Å²) < 4.78 is 4.51. The molecule has 4 heteroatoms. The molecule has 4 nitrogen and oxygen atoms in total. The predicted molar refractivity (Wildman–Crippen MR) is 55.0 cm³/mol. The monoisotopic (exact) mass is 201 g/mol. The molecule has 0 aromatic heterocycles. The minimum Gasteiger partial charge on any atom is -0.466 e. The first-order chi connectivity index (χ1) is 6.60. The van der Waals surface area contributed by atoms with Crippen LogP contribution in [0.5, 0.6) is 0 Å². The molecule has 0 spiro atoms. The van der Waals surface area contributed by atoms with Gasteiger partial charge < -0.3 is 14.7 Å². The van der Waals surface area contributed by atoms with Gasteiger partial charge >= 0.3 is 5.97 Å². The van der Waals surface area contributed by atoms with Gasteiger partial charge in [0.05, 0.1) is 7.11 Å². The number of carbonyl (C=O) groups is 1. The zero-order valence-electron chi connectivity index (χ0n) is 9.12. The number of ether oxygens (including phenoxy) is 1. The van der Waals surface area contributed by atoms with E-state index in [-0.39, 0.29) is 12.6 Å². The van der Waals surface area contributed by atoms with Gasteiger partial charge in [0.15, 0.2) is 0 Å². The summed E-state index contributed by atoms with van der Waals surface area (Å²) in [4.78, 5) is 12.9. The van der Waals surface area contributed by atoms with E-state index >= 15 is 0 Å². The molecule has 82 valence electrons. The molecular weight excluding hydrogens is 182 g/mol. The molecular formula is C10H19NO3. The van der Waals surface area contributed by atoms with Crippen molar-refractivity contribution in [3.8, 4) is 0 Å². The highest BCUT2D eigenvalue weighted by Gasteiger charge is 2.01. The largest absolute Gasteiger partial charge is 0.466 e. The minimum absolute atomic E-state index is 0.199. The van der Waals surface area contributed by atoms with E-state index in [2.05, 4.69) is 4.74 Å². The predicted octanol–water partition coefficient (Wildman–Crippen LogP) is 0.420. The quantitative estimate of drug-likeness (QED) is 0.500. The lowest BCUT2D eigenvalue weighted by Gasteiger charge is -2.15. The number of aliphatic hydroxyl groups is 1. The van der Waals surface area contributed by atoms with Gasteiger partial charge in [0.2, 0.25) is 0 Å². The summed E-state index contributed by atoms with van der Waals surface area (Å²) in [7, 11) is 3.31. The molecule has 0 rings (SSSR count). The van der Waals surface area contributed by atoms with Crippen LogP contribution in [0.3, 0.4) is 0 Å². The topological polar surface area (TPSA) is 49.8 Å². The highest BCUT2D eigenvalue weighted by Crippen LogP contribution is 1.97. The van der Waals surface area contributed by atoms with Gasteiger partial charge in [0.1, 0.15) is 0 Å². The molecule has 0 aromatic rings. The Morgan fingerprint density at radius 2 is 2.21 bits per heavy atom. The molecule has 0 aliphatic rings. The number of carbonyl (C=O) groups excluding carboxylic acids is 1. The third kappa shape index (κ3) is 6.62. The molecule has 0 atom stereocenters. The molecule has 0 fully saturated rings. The Hall–Kier alpha value is -0.870. The summed E-state index contributed by atoms with van der Waals surface area (Å²) in [5, 5.41) is 8.62. The normalized spacial score (nSPS) is 11.9. The summed E-state index contributed by atoms with van der Waals surface area (Å²) >= 11 is 0. The Morgan fingerprint density at radius 3 is 2.71 bits per heavy atom. The zero-order valence-corrected chi connectivity index (χ0v) is 9.12. The third-order valence-electron chi connectivity index (χ3n) is 1.78. The molecule has 0 aliphatic heterocycles. The molecule has 0 aliphatic carbocycles. The zero-order chi connectivity index (χ0) is 11.0.